The summed E-state index contributed by atoms with van der Waals surface area (Å²) >= 11 is 0. The van der Waals surface area contributed by atoms with E-state index in [-0.39, 0.29) is 18.2 Å². The first kappa shape index (κ1) is 13.2. The molecule has 3 nitrogen and oxygen atoms in total. The fourth-order valence-electron chi connectivity index (χ4n) is 2.38. The molecule has 1 N–H and O–H groups in total. The zero-order chi connectivity index (χ0) is 11.8. The average molecular weight is 225 g/mol. The quantitative estimate of drug-likeness (QED) is 0.754. The van der Waals surface area contributed by atoms with Gasteiger partial charge in [-0.3, -0.25) is 9.59 Å². The second kappa shape index (κ2) is 7.42. The smallest absolute Gasteiger partial charge is 0.217 e. The molecule has 0 spiro atoms. The second-order valence-corrected chi connectivity index (χ2v) is 4.84. The zero-order valence-electron chi connectivity index (χ0n) is 10.3. The van der Waals surface area contributed by atoms with Crippen molar-refractivity contribution in [2.45, 2.75) is 58.3 Å². The maximum atomic E-state index is 11.4. The van der Waals surface area contributed by atoms with Gasteiger partial charge < -0.3 is 5.32 Å². The molecular formula is C13H23NO2. The van der Waals surface area contributed by atoms with Crippen LogP contribution in [-0.2, 0) is 9.59 Å². The summed E-state index contributed by atoms with van der Waals surface area (Å²) in [5.41, 5.74) is 0. The molecule has 0 unspecified atom stereocenters. The Hall–Kier alpha value is -0.860. The van der Waals surface area contributed by atoms with Crippen LogP contribution in [0.25, 0.3) is 0 Å². The van der Waals surface area contributed by atoms with Crippen LogP contribution in [0.4, 0.5) is 0 Å². The Morgan fingerprint density at radius 1 is 1.19 bits per heavy atom. The van der Waals surface area contributed by atoms with Crippen molar-refractivity contribution >= 4 is 11.7 Å². The van der Waals surface area contributed by atoms with Crippen molar-refractivity contribution < 1.29 is 9.59 Å². The lowest BCUT2D eigenvalue weighted by atomic mass is 9.85. The molecule has 1 fully saturated rings. The van der Waals surface area contributed by atoms with Gasteiger partial charge in [0, 0.05) is 13.3 Å². The first-order valence-corrected chi connectivity index (χ1v) is 6.44. The molecular weight excluding hydrogens is 202 g/mol. The molecule has 0 aromatic carbocycles. The lowest BCUT2D eigenvalue weighted by molar-refractivity contribution is -0.124. The minimum absolute atomic E-state index is 0.124. The molecule has 0 aliphatic heterocycles. The van der Waals surface area contributed by atoms with Gasteiger partial charge in [-0.15, -0.1) is 0 Å². The van der Waals surface area contributed by atoms with Gasteiger partial charge in [0.15, 0.2) is 5.78 Å². The van der Waals surface area contributed by atoms with Gasteiger partial charge in [-0.1, -0.05) is 38.5 Å². The predicted octanol–water partition coefficient (Wildman–Crippen LogP) is 2.44. The Bertz CT molecular complexity index is 232. The van der Waals surface area contributed by atoms with Gasteiger partial charge in [0.25, 0.3) is 0 Å². The largest absolute Gasteiger partial charge is 0.349 e. The van der Waals surface area contributed by atoms with Crippen molar-refractivity contribution in [3.8, 4) is 0 Å². The van der Waals surface area contributed by atoms with E-state index in [0.717, 1.165) is 12.3 Å². The van der Waals surface area contributed by atoms with E-state index >= 15 is 0 Å². The summed E-state index contributed by atoms with van der Waals surface area (Å²) in [6, 6.07) is 0. The van der Waals surface area contributed by atoms with Crippen molar-refractivity contribution in [1.82, 2.24) is 5.32 Å². The van der Waals surface area contributed by atoms with E-state index in [9.17, 15) is 9.59 Å². The summed E-state index contributed by atoms with van der Waals surface area (Å²) in [6.07, 6.45) is 9.61. The lowest BCUT2D eigenvalue weighted by Gasteiger charge is -2.21. The number of nitrogens with one attached hydrogen (secondary N) is 1. The molecule has 1 rings (SSSR count). The van der Waals surface area contributed by atoms with Gasteiger partial charge in [-0.05, 0) is 12.3 Å². The number of carbonyl (C=O) groups is 2. The topological polar surface area (TPSA) is 46.2 Å². The van der Waals surface area contributed by atoms with E-state index in [0.29, 0.717) is 6.42 Å². The van der Waals surface area contributed by atoms with Crippen LogP contribution in [0, 0.1) is 5.92 Å². The first-order valence-electron chi connectivity index (χ1n) is 6.44. The molecule has 0 heterocycles. The van der Waals surface area contributed by atoms with E-state index in [4.69, 9.17) is 0 Å². The second-order valence-electron chi connectivity index (χ2n) is 4.84. The number of hydrogen-bond donors (Lipinski definition) is 1. The van der Waals surface area contributed by atoms with E-state index in [1.165, 1.54) is 45.4 Å². The molecule has 92 valence electrons. The Balaban J connectivity index is 2.01. The molecule has 0 aromatic heterocycles. The van der Waals surface area contributed by atoms with Crippen molar-refractivity contribution in [2.75, 3.05) is 6.54 Å². The van der Waals surface area contributed by atoms with Crippen LogP contribution in [0.2, 0.25) is 0 Å². The summed E-state index contributed by atoms with van der Waals surface area (Å²) < 4.78 is 0. The van der Waals surface area contributed by atoms with Gasteiger partial charge >= 0.3 is 0 Å². The molecule has 0 radical (unpaired) electrons. The van der Waals surface area contributed by atoms with Gasteiger partial charge in [-0.25, -0.2) is 0 Å². The van der Waals surface area contributed by atoms with Crippen LogP contribution in [0.1, 0.15) is 58.3 Å². The van der Waals surface area contributed by atoms with Crippen LogP contribution in [0.3, 0.4) is 0 Å². The SMILES string of the molecule is CC(=O)NCC(=O)CCCC1CCCCC1. The van der Waals surface area contributed by atoms with E-state index in [2.05, 4.69) is 5.32 Å². The van der Waals surface area contributed by atoms with Crippen molar-refractivity contribution in [2.24, 2.45) is 5.92 Å². The van der Waals surface area contributed by atoms with Crippen LogP contribution in [0.5, 0.6) is 0 Å². The summed E-state index contributed by atoms with van der Waals surface area (Å²) in [6.45, 7) is 1.65. The minimum atomic E-state index is -0.124. The van der Waals surface area contributed by atoms with Crippen molar-refractivity contribution in [3.05, 3.63) is 0 Å². The number of amides is 1. The Kier molecular flexibility index (Phi) is 6.12. The zero-order valence-corrected chi connectivity index (χ0v) is 10.3. The number of ketones is 1. The summed E-state index contributed by atoms with van der Waals surface area (Å²) in [4.78, 5) is 22.0. The number of hydrogen-bond acceptors (Lipinski definition) is 2. The molecule has 0 atom stereocenters. The Morgan fingerprint density at radius 3 is 2.50 bits per heavy atom. The normalized spacial score (nSPS) is 17.1. The summed E-state index contributed by atoms with van der Waals surface area (Å²) in [5, 5.41) is 2.55. The predicted molar refractivity (Wildman–Crippen MR) is 64.1 cm³/mol. The van der Waals surface area contributed by atoms with Gasteiger partial charge in [0.05, 0.1) is 6.54 Å². The maximum Gasteiger partial charge on any atom is 0.217 e. The third-order valence-electron chi connectivity index (χ3n) is 3.33. The third-order valence-corrected chi connectivity index (χ3v) is 3.33. The highest BCUT2D eigenvalue weighted by Gasteiger charge is 2.13. The highest BCUT2D eigenvalue weighted by Crippen LogP contribution is 2.27. The van der Waals surface area contributed by atoms with Gasteiger partial charge in [-0.2, -0.15) is 0 Å². The number of carbonyl (C=O) groups excluding carboxylic acids is 2. The molecule has 0 bridgehead atoms. The monoisotopic (exact) mass is 225 g/mol. The fraction of sp³-hybridized carbons (Fsp3) is 0.846. The fourth-order valence-corrected chi connectivity index (χ4v) is 2.38. The standard InChI is InChI=1S/C13H23NO2/c1-11(15)14-10-13(16)9-5-8-12-6-3-2-4-7-12/h12H,2-10H2,1H3,(H,14,15). The van der Waals surface area contributed by atoms with Crippen LogP contribution in [0.15, 0.2) is 0 Å². The summed E-state index contributed by atoms with van der Waals surface area (Å²) in [5.74, 6) is 0.883. The lowest BCUT2D eigenvalue weighted by Crippen LogP contribution is -2.27. The molecule has 1 saturated carbocycles. The average Bonchev–Trinajstić information content (AvgIpc) is 2.28. The van der Waals surface area contributed by atoms with Crippen molar-refractivity contribution in [3.63, 3.8) is 0 Å². The van der Waals surface area contributed by atoms with E-state index < -0.39 is 0 Å². The van der Waals surface area contributed by atoms with E-state index in [1.807, 2.05) is 0 Å². The van der Waals surface area contributed by atoms with E-state index in [1.54, 1.807) is 0 Å². The van der Waals surface area contributed by atoms with Crippen LogP contribution >= 0.6 is 0 Å². The van der Waals surface area contributed by atoms with Crippen LogP contribution in [-0.4, -0.2) is 18.2 Å². The first-order chi connectivity index (χ1) is 7.68. The number of rotatable bonds is 6. The number of Topliss-reactive ketones (excluding diaryl/α,β-unsaturated/α-hetero) is 1. The molecule has 1 aliphatic carbocycles. The highest BCUT2D eigenvalue weighted by atomic mass is 16.2. The maximum absolute atomic E-state index is 11.4. The van der Waals surface area contributed by atoms with Gasteiger partial charge in [0.1, 0.15) is 0 Å². The van der Waals surface area contributed by atoms with Gasteiger partial charge in [0.2, 0.25) is 5.91 Å². The Morgan fingerprint density at radius 2 is 1.88 bits per heavy atom. The molecule has 0 aromatic rings. The molecule has 3 heteroatoms. The minimum Gasteiger partial charge on any atom is -0.349 e. The molecule has 16 heavy (non-hydrogen) atoms. The summed E-state index contributed by atoms with van der Waals surface area (Å²) in [7, 11) is 0. The highest BCUT2D eigenvalue weighted by molar-refractivity contribution is 5.85. The molecule has 0 saturated heterocycles. The molecule has 1 aliphatic rings. The van der Waals surface area contributed by atoms with Crippen LogP contribution < -0.4 is 5.32 Å². The Labute approximate surface area is 98.0 Å². The third kappa shape index (κ3) is 5.89. The molecule has 1 amide bonds. The van der Waals surface area contributed by atoms with Crippen molar-refractivity contribution in [1.29, 1.82) is 0 Å².